The Morgan fingerprint density at radius 2 is 1.83 bits per heavy atom. The second-order valence-corrected chi connectivity index (χ2v) is 13.4. The van der Waals surface area contributed by atoms with Gasteiger partial charge in [-0.25, -0.2) is 0 Å². The molecule has 4 rings (SSSR count). The topological polar surface area (TPSA) is 113 Å². The third-order valence-corrected chi connectivity index (χ3v) is 8.73. The maximum absolute atomic E-state index is 14.4. The predicted molar refractivity (Wildman–Crippen MR) is 182 cm³/mol. The molecule has 0 saturated carbocycles. The van der Waals surface area contributed by atoms with Crippen LogP contribution in [0.15, 0.2) is 36.4 Å². The number of carbonyl (C=O) groups is 2. The first kappa shape index (κ1) is 36.5. The van der Waals surface area contributed by atoms with Gasteiger partial charge in [0.1, 0.15) is 5.75 Å². The van der Waals surface area contributed by atoms with Crippen LogP contribution in [0.25, 0.3) is 0 Å². The molecule has 47 heavy (non-hydrogen) atoms. The maximum atomic E-state index is 14.4. The number of anilines is 1. The summed E-state index contributed by atoms with van der Waals surface area (Å²) in [6.45, 7) is 9.15. The molecule has 2 aromatic rings. The van der Waals surface area contributed by atoms with Crippen molar-refractivity contribution < 1.29 is 33.6 Å². The van der Waals surface area contributed by atoms with Gasteiger partial charge in [0, 0.05) is 44.3 Å². The van der Waals surface area contributed by atoms with Crippen molar-refractivity contribution in [2.75, 3.05) is 66.1 Å². The van der Waals surface area contributed by atoms with Crippen molar-refractivity contribution in [3.8, 4) is 17.2 Å². The van der Waals surface area contributed by atoms with Crippen molar-refractivity contribution >= 4 is 17.5 Å². The van der Waals surface area contributed by atoms with Gasteiger partial charge in [-0.3, -0.25) is 14.5 Å². The Kier molecular flexibility index (Phi) is 13.7. The van der Waals surface area contributed by atoms with Gasteiger partial charge in [0.25, 0.3) is 5.91 Å². The number of rotatable bonds is 11. The van der Waals surface area contributed by atoms with Gasteiger partial charge in [-0.15, -0.1) is 0 Å². The van der Waals surface area contributed by atoms with E-state index in [1.54, 1.807) is 23.1 Å². The summed E-state index contributed by atoms with van der Waals surface area (Å²) in [5.74, 6) is 1.60. The fourth-order valence-electron chi connectivity index (χ4n) is 5.96. The molecule has 11 nitrogen and oxygen atoms in total. The van der Waals surface area contributed by atoms with Gasteiger partial charge < -0.3 is 39.2 Å². The van der Waals surface area contributed by atoms with E-state index in [-0.39, 0.29) is 43.3 Å². The highest BCUT2D eigenvalue weighted by Gasteiger charge is 2.30. The molecule has 0 unspecified atom stereocenters. The van der Waals surface area contributed by atoms with Crippen molar-refractivity contribution in [3.63, 3.8) is 0 Å². The molecule has 11 heteroatoms. The van der Waals surface area contributed by atoms with Crippen molar-refractivity contribution in [1.82, 2.24) is 14.7 Å². The van der Waals surface area contributed by atoms with Gasteiger partial charge in [-0.2, -0.15) is 0 Å². The molecule has 2 amide bonds. The Morgan fingerprint density at radius 1 is 1.06 bits per heavy atom. The van der Waals surface area contributed by atoms with Crippen LogP contribution in [-0.4, -0.2) is 111 Å². The molecule has 0 fully saturated rings. The summed E-state index contributed by atoms with van der Waals surface area (Å²) in [6, 6.07) is 10.8. The first-order chi connectivity index (χ1) is 22.5. The molecule has 4 atom stereocenters. The molecule has 0 aliphatic carbocycles. The lowest BCUT2D eigenvalue weighted by Gasteiger charge is -2.36. The number of nitrogens with zero attached hydrogens (tertiary/aromatic N) is 3. The molecule has 0 aromatic heterocycles. The van der Waals surface area contributed by atoms with E-state index in [4.69, 9.17) is 18.9 Å². The number of aliphatic hydroxyl groups excluding tert-OH is 1. The Labute approximate surface area is 280 Å². The van der Waals surface area contributed by atoms with Gasteiger partial charge in [-0.05, 0) is 103 Å². The van der Waals surface area contributed by atoms with E-state index in [9.17, 15) is 14.7 Å². The van der Waals surface area contributed by atoms with E-state index in [0.29, 0.717) is 49.7 Å². The van der Waals surface area contributed by atoms with Crippen LogP contribution >= 0.6 is 0 Å². The van der Waals surface area contributed by atoms with Crippen molar-refractivity contribution in [2.24, 2.45) is 5.92 Å². The van der Waals surface area contributed by atoms with Gasteiger partial charge >= 0.3 is 0 Å². The van der Waals surface area contributed by atoms with Crippen LogP contribution in [0.3, 0.4) is 0 Å². The van der Waals surface area contributed by atoms with Crippen LogP contribution in [0.5, 0.6) is 17.2 Å². The lowest BCUT2D eigenvalue weighted by molar-refractivity contribution is -0.116. The van der Waals surface area contributed by atoms with E-state index in [1.165, 1.54) is 0 Å². The molecular weight excluding hydrogens is 600 g/mol. The van der Waals surface area contributed by atoms with Gasteiger partial charge in [-0.1, -0.05) is 13.0 Å². The Morgan fingerprint density at radius 3 is 2.60 bits per heavy atom. The summed E-state index contributed by atoms with van der Waals surface area (Å²) in [4.78, 5) is 33.0. The highest BCUT2D eigenvalue weighted by molar-refractivity contribution is 5.99. The number of nitrogens with one attached hydrogen (secondary N) is 1. The molecule has 2 aromatic carbocycles. The highest BCUT2D eigenvalue weighted by atomic mass is 16.7. The second-order valence-electron chi connectivity index (χ2n) is 13.4. The zero-order valence-electron chi connectivity index (χ0n) is 29.0. The van der Waals surface area contributed by atoms with E-state index >= 15 is 0 Å². The van der Waals surface area contributed by atoms with Crippen molar-refractivity contribution in [1.29, 1.82) is 0 Å². The molecule has 2 N–H and O–H groups in total. The molecule has 0 bridgehead atoms. The molecule has 0 saturated heterocycles. The SMILES string of the molecule is C[C@@H]1CCCCO[C@H](CN(C)Cc2ccc3c(c2)OCO3)[C@@H](C)CN([C@H](C)CO)C(=O)c2cc(NC(=O)CCCN(C)C)ccc2O1. The highest BCUT2D eigenvalue weighted by Crippen LogP contribution is 2.33. The molecular formula is C36H54N4O7. The average Bonchev–Trinajstić information content (AvgIpc) is 3.50. The third kappa shape index (κ3) is 10.8. The summed E-state index contributed by atoms with van der Waals surface area (Å²) < 4.78 is 23.9. The molecule has 2 aliphatic rings. The van der Waals surface area contributed by atoms with Crippen molar-refractivity contribution in [3.05, 3.63) is 47.5 Å². The fourth-order valence-corrected chi connectivity index (χ4v) is 5.96. The van der Waals surface area contributed by atoms with Gasteiger partial charge in [0.05, 0.1) is 30.4 Å². The van der Waals surface area contributed by atoms with Crippen LogP contribution < -0.4 is 19.5 Å². The smallest absolute Gasteiger partial charge is 0.258 e. The quantitative estimate of drug-likeness (QED) is 0.358. The van der Waals surface area contributed by atoms with E-state index in [2.05, 4.69) is 24.2 Å². The molecule has 0 radical (unpaired) electrons. The minimum absolute atomic E-state index is 0.0435. The Balaban J connectivity index is 1.54. The summed E-state index contributed by atoms with van der Waals surface area (Å²) in [5.41, 5.74) is 2.02. The monoisotopic (exact) mass is 654 g/mol. The van der Waals surface area contributed by atoms with Gasteiger partial charge in [0.15, 0.2) is 11.5 Å². The largest absolute Gasteiger partial charge is 0.490 e. The summed E-state index contributed by atoms with van der Waals surface area (Å²) in [6.07, 6.45) is 3.46. The number of hydrogen-bond acceptors (Lipinski definition) is 9. The number of benzene rings is 2. The minimum Gasteiger partial charge on any atom is -0.490 e. The number of aliphatic hydroxyl groups is 1. The summed E-state index contributed by atoms with van der Waals surface area (Å²) in [7, 11) is 6.02. The number of carbonyl (C=O) groups excluding carboxylic acids is 2. The van der Waals surface area contributed by atoms with E-state index in [0.717, 1.165) is 49.3 Å². The Hall–Kier alpha value is -3.38. The fraction of sp³-hybridized carbons (Fsp3) is 0.611. The molecule has 260 valence electrons. The van der Waals surface area contributed by atoms with Crippen LogP contribution in [-0.2, 0) is 16.1 Å². The summed E-state index contributed by atoms with van der Waals surface area (Å²) >= 11 is 0. The van der Waals surface area contributed by atoms with E-state index in [1.807, 2.05) is 51.0 Å². The number of fused-ring (bicyclic) bond motifs is 2. The second kappa shape index (κ2) is 17.7. The van der Waals surface area contributed by atoms with E-state index < -0.39 is 6.04 Å². The van der Waals surface area contributed by atoms with Crippen LogP contribution in [0.4, 0.5) is 5.69 Å². The van der Waals surface area contributed by atoms with Gasteiger partial charge in [0.2, 0.25) is 12.7 Å². The first-order valence-corrected chi connectivity index (χ1v) is 16.9. The maximum Gasteiger partial charge on any atom is 0.258 e. The summed E-state index contributed by atoms with van der Waals surface area (Å²) in [5, 5.41) is 13.2. The van der Waals surface area contributed by atoms with Crippen LogP contribution in [0.1, 0.15) is 68.8 Å². The third-order valence-electron chi connectivity index (χ3n) is 8.73. The number of amides is 2. The lowest BCUT2D eigenvalue weighted by atomic mass is 10.0. The molecule has 2 heterocycles. The zero-order valence-corrected chi connectivity index (χ0v) is 29.0. The number of hydrogen-bond donors (Lipinski definition) is 2. The molecule has 0 spiro atoms. The average molecular weight is 655 g/mol. The standard InChI is InChI=1S/C36H54N4O7/c1-25-20-40(26(2)23-41)36(43)30-19-29(37-35(42)11-9-16-38(4)5)13-15-31(30)47-27(3)10-7-8-17-44-34(25)22-39(6)21-28-12-14-32-33(18-28)46-24-45-32/h12-15,18-19,25-27,34,41H,7-11,16-17,20-24H2,1-6H3,(H,37,42)/t25-,26+,27+,34+/m0/s1. The predicted octanol–water partition coefficient (Wildman–Crippen LogP) is 4.62. The Bertz CT molecular complexity index is 1320. The zero-order chi connectivity index (χ0) is 33.9. The first-order valence-electron chi connectivity index (χ1n) is 16.9. The lowest BCUT2D eigenvalue weighted by Crippen LogP contribution is -2.47. The minimum atomic E-state index is -0.445. The number of likely N-dealkylation sites (N-methyl/N-ethyl adjacent to an activating group) is 1. The van der Waals surface area contributed by atoms with Crippen LogP contribution in [0, 0.1) is 5.92 Å². The number of ether oxygens (including phenoxy) is 4. The van der Waals surface area contributed by atoms with Crippen LogP contribution in [0.2, 0.25) is 0 Å². The normalized spacial score (nSPS) is 21.3. The molecule has 2 aliphatic heterocycles. The van der Waals surface area contributed by atoms with Crippen molar-refractivity contribution in [2.45, 2.75) is 77.7 Å².